The van der Waals surface area contributed by atoms with Gasteiger partial charge in [0.25, 0.3) is 0 Å². The summed E-state index contributed by atoms with van der Waals surface area (Å²) in [4.78, 5) is 18.7. The van der Waals surface area contributed by atoms with Crippen LogP contribution in [0.25, 0.3) is 0 Å². The highest BCUT2D eigenvalue weighted by molar-refractivity contribution is 7.09. The first-order valence-corrected chi connectivity index (χ1v) is 9.39. The monoisotopic (exact) mass is 345 g/mol. The second-order valence-electron chi connectivity index (χ2n) is 6.73. The van der Waals surface area contributed by atoms with Gasteiger partial charge in [0.05, 0.1) is 17.7 Å². The third-order valence-electron chi connectivity index (χ3n) is 4.98. The molecule has 0 atom stereocenters. The lowest BCUT2D eigenvalue weighted by atomic mass is 9.89. The third kappa shape index (κ3) is 3.80. The fraction of sp³-hybridized carbons (Fsp3) is 0.588. The molecule has 128 valence electrons. The largest absolute Gasteiger partial charge is 0.372 e. The van der Waals surface area contributed by atoms with Crippen LogP contribution in [0.15, 0.2) is 30.4 Å². The Morgan fingerprint density at radius 3 is 2.58 bits per heavy atom. The SMILES string of the molecule is c1ncc(CN2CCC3(CC2)CN(Cc2cncs2)CCO3)cn1. The molecule has 6 nitrogen and oxygen atoms in total. The first-order chi connectivity index (χ1) is 11.8. The summed E-state index contributed by atoms with van der Waals surface area (Å²) in [7, 11) is 0. The van der Waals surface area contributed by atoms with E-state index in [1.54, 1.807) is 17.7 Å². The highest BCUT2D eigenvalue weighted by atomic mass is 32.1. The first kappa shape index (κ1) is 16.1. The van der Waals surface area contributed by atoms with Crippen LogP contribution in [0, 0.1) is 0 Å². The summed E-state index contributed by atoms with van der Waals surface area (Å²) >= 11 is 1.74. The van der Waals surface area contributed by atoms with Crippen molar-refractivity contribution < 1.29 is 4.74 Å². The van der Waals surface area contributed by atoms with E-state index in [4.69, 9.17) is 4.74 Å². The third-order valence-corrected chi connectivity index (χ3v) is 5.74. The van der Waals surface area contributed by atoms with Gasteiger partial charge in [-0.2, -0.15) is 0 Å². The summed E-state index contributed by atoms with van der Waals surface area (Å²) in [6.07, 6.45) is 9.58. The van der Waals surface area contributed by atoms with Gasteiger partial charge < -0.3 is 4.74 Å². The molecule has 2 aliphatic heterocycles. The average molecular weight is 345 g/mol. The second-order valence-corrected chi connectivity index (χ2v) is 7.70. The summed E-state index contributed by atoms with van der Waals surface area (Å²) < 4.78 is 6.25. The van der Waals surface area contributed by atoms with Crippen molar-refractivity contribution in [3.05, 3.63) is 40.9 Å². The summed E-state index contributed by atoms with van der Waals surface area (Å²) in [6, 6.07) is 0. The zero-order valence-corrected chi connectivity index (χ0v) is 14.6. The van der Waals surface area contributed by atoms with Gasteiger partial charge in [-0.25, -0.2) is 9.97 Å². The number of ether oxygens (including phenoxy) is 1. The lowest BCUT2D eigenvalue weighted by Gasteiger charge is -2.47. The predicted molar refractivity (Wildman–Crippen MR) is 92.6 cm³/mol. The quantitative estimate of drug-likeness (QED) is 0.842. The van der Waals surface area contributed by atoms with Crippen LogP contribution >= 0.6 is 11.3 Å². The highest BCUT2D eigenvalue weighted by Crippen LogP contribution is 2.31. The zero-order valence-electron chi connectivity index (χ0n) is 13.8. The van der Waals surface area contributed by atoms with Gasteiger partial charge in [-0.1, -0.05) is 0 Å². The Bertz CT molecular complexity index is 628. The highest BCUT2D eigenvalue weighted by Gasteiger charge is 2.39. The summed E-state index contributed by atoms with van der Waals surface area (Å²) in [5.41, 5.74) is 3.13. The van der Waals surface area contributed by atoms with Crippen LogP contribution in [0.2, 0.25) is 0 Å². The molecule has 4 heterocycles. The van der Waals surface area contributed by atoms with Gasteiger partial charge in [0, 0.05) is 68.3 Å². The van der Waals surface area contributed by atoms with E-state index in [1.807, 2.05) is 24.1 Å². The Kier molecular flexibility index (Phi) is 4.84. The van der Waals surface area contributed by atoms with Gasteiger partial charge in [0.2, 0.25) is 0 Å². The number of thiazole rings is 1. The lowest BCUT2D eigenvalue weighted by molar-refractivity contribution is -0.138. The van der Waals surface area contributed by atoms with Crippen LogP contribution in [0.5, 0.6) is 0 Å². The minimum Gasteiger partial charge on any atom is -0.372 e. The Morgan fingerprint density at radius 2 is 1.83 bits per heavy atom. The van der Waals surface area contributed by atoms with Gasteiger partial charge in [0.15, 0.2) is 0 Å². The van der Waals surface area contributed by atoms with Crippen LogP contribution in [0.4, 0.5) is 0 Å². The number of hydrogen-bond donors (Lipinski definition) is 0. The lowest BCUT2D eigenvalue weighted by Crippen LogP contribution is -2.56. The van der Waals surface area contributed by atoms with E-state index in [2.05, 4.69) is 24.8 Å². The van der Waals surface area contributed by atoms with E-state index in [-0.39, 0.29) is 5.60 Å². The van der Waals surface area contributed by atoms with Gasteiger partial charge in [-0.3, -0.25) is 14.8 Å². The maximum Gasteiger partial charge on any atom is 0.115 e. The smallest absolute Gasteiger partial charge is 0.115 e. The first-order valence-electron chi connectivity index (χ1n) is 8.51. The number of rotatable bonds is 4. The molecule has 2 fully saturated rings. The van der Waals surface area contributed by atoms with Crippen LogP contribution in [0.3, 0.4) is 0 Å². The summed E-state index contributed by atoms with van der Waals surface area (Å²) in [5.74, 6) is 0. The molecule has 0 aromatic carbocycles. The predicted octanol–water partition coefficient (Wildman–Crippen LogP) is 1.80. The molecule has 2 saturated heterocycles. The molecule has 0 N–H and O–H groups in total. The molecule has 0 aliphatic carbocycles. The van der Waals surface area contributed by atoms with E-state index in [9.17, 15) is 0 Å². The maximum atomic E-state index is 6.25. The van der Waals surface area contributed by atoms with E-state index < -0.39 is 0 Å². The molecular weight excluding hydrogens is 322 g/mol. The molecule has 24 heavy (non-hydrogen) atoms. The molecule has 0 amide bonds. The molecule has 2 aromatic heterocycles. The number of likely N-dealkylation sites (tertiary alicyclic amines) is 1. The minimum atomic E-state index is 0.0344. The summed E-state index contributed by atoms with van der Waals surface area (Å²) in [5, 5.41) is 0. The molecule has 2 aromatic rings. The van der Waals surface area contributed by atoms with Crippen molar-refractivity contribution in [1.82, 2.24) is 24.8 Å². The van der Waals surface area contributed by atoms with Gasteiger partial charge in [0.1, 0.15) is 6.33 Å². The van der Waals surface area contributed by atoms with Crippen molar-refractivity contribution in [2.24, 2.45) is 0 Å². The van der Waals surface area contributed by atoms with Crippen molar-refractivity contribution in [3.63, 3.8) is 0 Å². The molecule has 1 spiro atoms. The van der Waals surface area contributed by atoms with Crippen molar-refractivity contribution >= 4 is 11.3 Å². The van der Waals surface area contributed by atoms with Crippen LogP contribution in [-0.2, 0) is 17.8 Å². The number of piperidine rings is 1. The topological polar surface area (TPSA) is 54.4 Å². The van der Waals surface area contributed by atoms with Gasteiger partial charge >= 0.3 is 0 Å². The molecule has 0 unspecified atom stereocenters. The molecule has 0 radical (unpaired) electrons. The number of nitrogens with zero attached hydrogens (tertiary/aromatic N) is 5. The summed E-state index contributed by atoms with van der Waals surface area (Å²) in [6.45, 7) is 6.97. The Labute approximate surface area is 146 Å². The Balaban J connectivity index is 1.32. The standard InChI is InChI=1S/C17H23N5OS/c1-3-21(10-15-7-18-13-19-8-15)4-2-17(1)12-22(5-6-23-17)11-16-9-20-14-24-16/h7-9,13-14H,1-6,10-12H2. The number of hydrogen-bond acceptors (Lipinski definition) is 7. The second kappa shape index (κ2) is 7.23. The Hall–Kier alpha value is -1.41. The number of morpholine rings is 1. The fourth-order valence-electron chi connectivity index (χ4n) is 3.69. The molecule has 0 bridgehead atoms. The molecular formula is C17H23N5OS. The van der Waals surface area contributed by atoms with Crippen molar-refractivity contribution in [2.75, 3.05) is 32.8 Å². The van der Waals surface area contributed by atoms with Crippen molar-refractivity contribution in [2.45, 2.75) is 31.5 Å². The molecule has 0 saturated carbocycles. The van der Waals surface area contributed by atoms with E-state index in [1.165, 1.54) is 10.4 Å². The van der Waals surface area contributed by atoms with E-state index >= 15 is 0 Å². The molecule has 2 aliphatic rings. The van der Waals surface area contributed by atoms with Crippen LogP contribution < -0.4 is 0 Å². The van der Waals surface area contributed by atoms with Crippen molar-refractivity contribution in [1.29, 1.82) is 0 Å². The van der Waals surface area contributed by atoms with Gasteiger partial charge in [-0.15, -0.1) is 11.3 Å². The van der Waals surface area contributed by atoms with Crippen LogP contribution in [0.1, 0.15) is 23.3 Å². The maximum absolute atomic E-state index is 6.25. The van der Waals surface area contributed by atoms with Crippen molar-refractivity contribution in [3.8, 4) is 0 Å². The van der Waals surface area contributed by atoms with Crippen LogP contribution in [-0.4, -0.2) is 63.1 Å². The molecule has 4 rings (SSSR count). The molecule has 7 heteroatoms. The zero-order chi connectivity index (χ0) is 16.2. The van der Waals surface area contributed by atoms with Gasteiger partial charge in [-0.05, 0) is 12.8 Å². The fourth-order valence-corrected chi connectivity index (χ4v) is 4.33. The van der Waals surface area contributed by atoms with E-state index in [0.717, 1.165) is 58.7 Å². The van der Waals surface area contributed by atoms with E-state index in [0.29, 0.717) is 0 Å². The normalized spacial score (nSPS) is 22.0. The average Bonchev–Trinajstić information content (AvgIpc) is 3.11. The minimum absolute atomic E-state index is 0.0344. The number of aromatic nitrogens is 3. The Morgan fingerprint density at radius 1 is 1.00 bits per heavy atom.